The van der Waals surface area contributed by atoms with E-state index in [2.05, 4.69) is 0 Å². The highest BCUT2D eigenvalue weighted by molar-refractivity contribution is 4.92. The zero-order valence-electron chi connectivity index (χ0n) is 16.2. The van der Waals surface area contributed by atoms with Crippen molar-refractivity contribution >= 4 is 0 Å². The smallest absolute Gasteiger partial charge is 0.0352 e. The third-order valence-corrected chi connectivity index (χ3v) is 8.81. The molecule has 4 unspecified atom stereocenters. The van der Waals surface area contributed by atoms with Gasteiger partial charge in [0.1, 0.15) is 0 Å². The largest absolute Gasteiger partial charge is 0.0533 e. The van der Waals surface area contributed by atoms with Crippen molar-refractivity contribution in [3.8, 4) is 0 Å². The summed E-state index contributed by atoms with van der Waals surface area (Å²) in [7, 11) is 0. The Hall–Kier alpha value is 0. The minimum Gasteiger partial charge on any atom is -0.0533 e. The van der Waals surface area contributed by atoms with E-state index in [4.69, 9.17) is 0 Å². The summed E-state index contributed by atoms with van der Waals surface area (Å²) in [5.74, 6) is 6.78. The Bertz CT molecular complexity index is 324. The molecule has 0 radical (unpaired) electrons. The topological polar surface area (TPSA) is 0 Å². The van der Waals surface area contributed by atoms with Crippen LogP contribution >= 0.6 is 0 Å². The van der Waals surface area contributed by atoms with Gasteiger partial charge in [0.2, 0.25) is 0 Å². The lowest BCUT2D eigenvalue weighted by Crippen LogP contribution is -2.40. The summed E-state index contributed by atoms with van der Waals surface area (Å²) in [6.45, 7) is 0. The van der Waals surface area contributed by atoms with E-state index in [-0.39, 0.29) is 0 Å². The van der Waals surface area contributed by atoms with Gasteiger partial charge < -0.3 is 0 Å². The molecule has 0 heterocycles. The molecule has 0 N–H and O–H groups in total. The molecule has 0 aliphatic heterocycles. The van der Waals surface area contributed by atoms with E-state index in [0.717, 1.165) is 35.5 Å². The summed E-state index contributed by atoms with van der Waals surface area (Å²) in [6, 6.07) is 0. The maximum Gasteiger partial charge on any atom is -0.0352 e. The first-order chi connectivity index (χ1) is 11.9. The van der Waals surface area contributed by atoms with Gasteiger partial charge in [-0.05, 0) is 61.2 Å². The molecule has 4 saturated carbocycles. The van der Waals surface area contributed by atoms with Gasteiger partial charge in [0, 0.05) is 0 Å². The van der Waals surface area contributed by atoms with Crippen LogP contribution in [-0.2, 0) is 0 Å². The molecule has 0 amide bonds. The van der Waals surface area contributed by atoms with E-state index < -0.39 is 0 Å². The van der Waals surface area contributed by atoms with Crippen LogP contribution in [0, 0.1) is 35.5 Å². The minimum atomic E-state index is 1.12. The molecule has 4 rings (SSSR count). The molecule has 0 aromatic heterocycles. The van der Waals surface area contributed by atoms with Crippen LogP contribution in [0.4, 0.5) is 0 Å². The zero-order valence-corrected chi connectivity index (χ0v) is 16.2. The maximum absolute atomic E-state index is 1.61. The first-order valence-electron chi connectivity index (χ1n) is 11.9. The Morgan fingerprint density at radius 3 is 0.917 bits per heavy atom. The lowest BCUT2D eigenvalue weighted by Gasteiger charge is -2.49. The molecule has 0 aromatic rings. The van der Waals surface area contributed by atoms with Crippen LogP contribution in [0.25, 0.3) is 0 Å². The summed E-state index contributed by atoms with van der Waals surface area (Å²) in [5.41, 5.74) is 0. The number of hydrogen-bond acceptors (Lipinski definition) is 0. The van der Waals surface area contributed by atoms with Crippen LogP contribution in [0.1, 0.15) is 116 Å². The van der Waals surface area contributed by atoms with Gasteiger partial charge in [0.25, 0.3) is 0 Å². The van der Waals surface area contributed by atoms with Gasteiger partial charge in [-0.25, -0.2) is 0 Å². The normalized spacial score (nSPS) is 40.5. The molecule has 4 aliphatic carbocycles. The van der Waals surface area contributed by atoms with Crippen molar-refractivity contribution in [3.05, 3.63) is 0 Å². The Labute approximate surface area is 151 Å². The monoisotopic (exact) mass is 330 g/mol. The van der Waals surface area contributed by atoms with E-state index in [9.17, 15) is 0 Å². The second-order valence-electron chi connectivity index (χ2n) is 10.0. The van der Waals surface area contributed by atoms with Crippen LogP contribution < -0.4 is 0 Å². The van der Waals surface area contributed by atoms with Gasteiger partial charge in [0.15, 0.2) is 0 Å². The quantitative estimate of drug-likeness (QED) is 0.496. The van der Waals surface area contributed by atoms with Gasteiger partial charge >= 0.3 is 0 Å². The van der Waals surface area contributed by atoms with Crippen LogP contribution in [0.3, 0.4) is 0 Å². The number of rotatable bonds is 3. The fourth-order valence-corrected chi connectivity index (χ4v) is 7.73. The molecule has 0 heteroatoms. The summed E-state index contributed by atoms with van der Waals surface area (Å²) in [5, 5.41) is 0. The maximum atomic E-state index is 1.61. The van der Waals surface area contributed by atoms with Gasteiger partial charge in [-0.2, -0.15) is 0 Å². The molecule has 4 atom stereocenters. The lowest BCUT2D eigenvalue weighted by atomic mass is 9.57. The Morgan fingerprint density at radius 1 is 0.250 bits per heavy atom. The van der Waals surface area contributed by atoms with E-state index in [0.29, 0.717) is 0 Å². The SMILES string of the molecule is C1CCC(C2CCCCC2C2CCCCC2C2CCCCC2)CC1. The van der Waals surface area contributed by atoms with Crippen LogP contribution in [0.5, 0.6) is 0 Å². The van der Waals surface area contributed by atoms with Crippen molar-refractivity contribution in [3.63, 3.8) is 0 Å². The van der Waals surface area contributed by atoms with Crippen molar-refractivity contribution in [2.24, 2.45) is 35.5 Å². The van der Waals surface area contributed by atoms with E-state index >= 15 is 0 Å². The molecule has 4 aliphatic rings. The van der Waals surface area contributed by atoms with Crippen molar-refractivity contribution in [1.82, 2.24) is 0 Å². The first kappa shape index (κ1) is 17.4. The molecular weight excluding hydrogens is 288 g/mol. The molecular formula is C24H42. The first-order valence-corrected chi connectivity index (χ1v) is 11.9. The zero-order chi connectivity index (χ0) is 16.2. The van der Waals surface area contributed by atoms with Crippen molar-refractivity contribution in [1.29, 1.82) is 0 Å². The molecule has 0 nitrogen and oxygen atoms in total. The second-order valence-corrected chi connectivity index (χ2v) is 10.0. The van der Waals surface area contributed by atoms with Gasteiger partial charge in [-0.15, -0.1) is 0 Å². The van der Waals surface area contributed by atoms with Gasteiger partial charge in [-0.3, -0.25) is 0 Å². The predicted octanol–water partition coefficient (Wildman–Crippen LogP) is 7.76. The highest BCUT2D eigenvalue weighted by Gasteiger charge is 2.42. The highest BCUT2D eigenvalue weighted by atomic mass is 14.5. The molecule has 24 heavy (non-hydrogen) atoms. The van der Waals surface area contributed by atoms with Crippen LogP contribution in [0.2, 0.25) is 0 Å². The summed E-state index contributed by atoms with van der Waals surface area (Å²) in [4.78, 5) is 0. The Kier molecular flexibility index (Phi) is 6.23. The lowest BCUT2D eigenvalue weighted by molar-refractivity contribution is 0.0121. The average Bonchev–Trinajstić information content (AvgIpc) is 2.69. The highest BCUT2D eigenvalue weighted by Crippen LogP contribution is 2.52. The van der Waals surface area contributed by atoms with E-state index in [1.54, 1.807) is 103 Å². The molecule has 0 saturated heterocycles. The Morgan fingerprint density at radius 2 is 0.542 bits per heavy atom. The second kappa shape index (κ2) is 8.59. The van der Waals surface area contributed by atoms with E-state index in [1.807, 2.05) is 0 Å². The molecule has 138 valence electrons. The minimum absolute atomic E-state index is 1.12. The number of hydrogen-bond donors (Lipinski definition) is 0. The molecule has 0 bridgehead atoms. The fourth-order valence-electron chi connectivity index (χ4n) is 7.73. The molecule has 0 spiro atoms. The summed E-state index contributed by atoms with van der Waals surface area (Å²) < 4.78 is 0. The van der Waals surface area contributed by atoms with Crippen molar-refractivity contribution < 1.29 is 0 Å². The Balaban J connectivity index is 1.48. The third kappa shape index (κ3) is 3.88. The van der Waals surface area contributed by atoms with Crippen molar-refractivity contribution in [2.45, 2.75) is 116 Å². The third-order valence-electron chi connectivity index (χ3n) is 8.81. The van der Waals surface area contributed by atoms with E-state index in [1.165, 1.54) is 12.8 Å². The van der Waals surface area contributed by atoms with Crippen LogP contribution in [0.15, 0.2) is 0 Å². The summed E-state index contributed by atoms with van der Waals surface area (Å²) in [6.07, 6.45) is 28.2. The van der Waals surface area contributed by atoms with Gasteiger partial charge in [0.05, 0.1) is 0 Å². The summed E-state index contributed by atoms with van der Waals surface area (Å²) >= 11 is 0. The predicted molar refractivity (Wildman–Crippen MR) is 104 cm³/mol. The molecule has 4 fully saturated rings. The van der Waals surface area contributed by atoms with Crippen molar-refractivity contribution in [2.75, 3.05) is 0 Å². The van der Waals surface area contributed by atoms with Gasteiger partial charge in [-0.1, -0.05) is 89.9 Å². The molecule has 0 aromatic carbocycles. The van der Waals surface area contributed by atoms with Crippen LogP contribution in [-0.4, -0.2) is 0 Å². The standard InChI is InChI=1S/C24H42/c1-3-11-19(12-4-1)21-15-7-9-17-23(21)24-18-10-8-16-22(24)20-13-5-2-6-14-20/h19-24H,1-18H2. The average molecular weight is 331 g/mol. The fraction of sp³-hybridized carbons (Fsp3) is 1.00.